The van der Waals surface area contributed by atoms with Crippen molar-refractivity contribution in [2.75, 3.05) is 32.8 Å². The molecule has 0 bridgehead atoms. The van der Waals surface area contributed by atoms with E-state index in [1.54, 1.807) is 12.3 Å². The number of hydrogen-bond acceptors (Lipinski definition) is 8. The molecule has 3 aliphatic rings. The summed E-state index contributed by atoms with van der Waals surface area (Å²) >= 11 is 0. The number of carbonyl (C=O) groups is 2. The van der Waals surface area contributed by atoms with Crippen molar-refractivity contribution in [2.24, 2.45) is 5.41 Å². The zero-order valence-corrected chi connectivity index (χ0v) is 17.3. The first-order valence-corrected chi connectivity index (χ1v) is 10.7. The molecule has 0 radical (unpaired) electrons. The van der Waals surface area contributed by atoms with Crippen LogP contribution in [0.2, 0.25) is 0 Å². The number of aromatic nitrogens is 5. The number of likely N-dealkylation sites (tertiary alicyclic amines) is 2. The first-order valence-electron chi connectivity index (χ1n) is 10.7. The van der Waals surface area contributed by atoms with Gasteiger partial charge in [-0.3, -0.25) is 4.79 Å². The van der Waals surface area contributed by atoms with E-state index in [1.165, 1.54) is 11.0 Å². The number of esters is 1. The highest BCUT2D eigenvalue weighted by Crippen LogP contribution is 2.42. The molecule has 5 heterocycles. The maximum absolute atomic E-state index is 12.8. The van der Waals surface area contributed by atoms with E-state index >= 15 is 0 Å². The Morgan fingerprint density at radius 2 is 1.87 bits per heavy atom. The van der Waals surface area contributed by atoms with Crippen LogP contribution in [0, 0.1) is 5.41 Å². The number of amides is 1. The summed E-state index contributed by atoms with van der Waals surface area (Å²) in [5.41, 5.74) is 2.20. The lowest BCUT2D eigenvalue weighted by molar-refractivity contribution is -0.135. The minimum absolute atomic E-state index is 0.149. The molecule has 10 nitrogen and oxygen atoms in total. The third kappa shape index (κ3) is 4.14. The molecule has 5 rings (SSSR count). The van der Waals surface area contributed by atoms with Crippen LogP contribution in [0.5, 0.6) is 0 Å². The molecule has 31 heavy (non-hydrogen) atoms. The van der Waals surface area contributed by atoms with Crippen molar-refractivity contribution in [1.82, 2.24) is 35.0 Å². The molecule has 0 atom stereocenters. The van der Waals surface area contributed by atoms with Crippen LogP contribution in [-0.2, 0) is 20.7 Å². The number of nitrogens with zero attached hydrogens (tertiary/aromatic N) is 7. The average Bonchev–Trinajstić information content (AvgIpc) is 3.48. The second kappa shape index (κ2) is 8.09. The van der Waals surface area contributed by atoms with Gasteiger partial charge in [-0.05, 0) is 53.2 Å². The minimum Gasteiger partial charge on any atom is -0.456 e. The van der Waals surface area contributed by atoms with Crippen LogP contribution in [0.25, 0.3) is 5.82 Å². The zero-order chi connectivity index (χ0) is 21.3. The van der Waals surface area contributed by atoms with E-state index in [-0.39, 0.29) is 11.9 Å². The number of carbonyl (C=O) groups excluding carboxylic acids is 2. The van der Waals surface area contributed by atoms with Crippen molar-refractivity contribution in [1.29, 1.82) is 0 Å². The molecule has 1 spiro atoms. The molecule has 2 fully saturated rings. The first-order chi connectivity index (χ1) is 15.1. The molecular weight excluding hydrogens is 398 g/mol. The summed E-state index contributed by atoms with van der Waals surface area (Å²) in [4.78, 5) is 32.7. The van der Waals surface area contributed by atoms with Gasteiger partial charge in [-0.15, -0.1) is 5.10 Å². The Kier molecular flexibility index (Phi) is 5.13. The normalized spacial score (nSPS) is 20.6. The summed E-state index contributed by atoms with van der Waals surface area (Å²) in [7, 11) is 0. The van der Waals surface area contributed by atoms with Crippen LogP contribution >= 0.6 is 0 Å². The van der Waals surface area contributed by atoms with Crippen LogP contribution in [0.1, 0.15) is 31.2 Å². The fraction of sp³-hybridized carbons (Fsp3) is 0.524. The Labute approximate surface area is 179 Å². The third-order valence-corrected chi connectivity index (χ3v) is 6.80. The smallest absolute Gasteiger partial charge is 0.333 e. The number of cyclic esters (lactones) is 1. The number of pyridine rings is 1. The Morgan fingerprint density at radius 1 is 1.10 bits per heavy atom. The Bertz CT molecular complexity index is 969. The minimum atomic E-state index is -0.234. The Balaban J connectivity index is 1.12. The second-order valence-electron chi connectivity index (χ2n) is 8.57. The average molecular weight is 423 g/mol. The zero-order valence-electron chi connectivity index (χ0n) is 17.3. The Hall–Kier alpha value is -3.30. The van der Waals surface area contributed by atoms with E-state index in [0.29, 0.717) is 24.3 Å². The van der Waals surface area contributed by atoms with Crippen LogP contribution in [0.4, 0.5) is 0 Å². The maximum atomic E-state index is 12.8. The molecule has 3 aliphatic heterocycles. The fourth-order valence-corrected chi connectivity index (χ4v) is 4.76. The van der Waals surface area contributed by atoms with Gasteiger partial charge < -0.3 is 14.5 Å². The van der Waals surface area contributed by atoms with Crippen molar-refractivity contribution >= 4 is 11.9 Å². The molecule has 10 heteroatoms. The summed E-state index contributed by atoms with van der Waals surface area (Å²) in [6.45, 7) is 3.92. The van der Waals surface area contributed by atoms with Crippen molar-refractivity contribution in [3.8, 4) is 5.82 Å². The van der Waals surface area contributed by atoms with Crippen molar-refractivity contribution < 1.29 is 14.3 Å². The Morgan fingerprint density at radius 3 is 2.48 bits per heavy atom. The van der Waals surface area contributed by atoms with E-state index < -0.39 is 0 Å². The van der Waals surface area contributed by atoms with E-state index in [1.807, 2.05) is 17.0 Å². The van der Waals surface area contributed by atoms with Gasteiger partial charge in [0.05, 0.1) is 12.1 Å². The highest BCUT2D eigenvalue weighted by Gasteiger charge is 2.39. The van der Waals surface area contributed by atoms with Gasteiger partial charge in [0, 0.05) is 38.5 Å². The van der Waals surface area contributed by atoms with Crippen LogP contribution < -0.4 is 0 Å². The number of hydrogen-bond donors (Lipinski definition) is 0. The topological polar surface area (TPSA) is 106 Å². The van der Waals surface area contributed by atoms with E-state index in [9.17, 15) is 9.59 Å². The lowest BCUT2D eigenvalue weighted by Crippen LogP contribution is -2.48. The van der Waals surface area contributed by atoms with Crippen LogP contribution in [0.15, 0.2) is 36.4 Å². The summed E-state index contributed by atoms with van der Waals surface area (Å²) < 4.78 is 6.52. The number of rotatable bonds is 4. The summed E-state index contributed by atoms with van der Waals surface area (Å²) in [6, 6.07) is 3.71. The van der Waals surface area contributed by atoms with Crippen molar-refractivity contribution in [2.45, 2.75) is 32.1 Å². The highest BCUT2D eigenvalue weighted by molar-refractivity contribution is 5.85. The van der Waals surface area contributed by atoms with Gasteiger partial charge in [-0.1, -0.05) is 6.07 Å². The molecule has 162 valence electrons. The molecule has 0 N–H and O–H groups in total. The van der Waals surface area contributed by atoms with Gasteiger partial charge >= 0.3 is 5.97 Å². The lowest BCUT2D eigenvalue weighted by atomic mass is 9.71. The second-order valence-corrected chi connectivity index (χ2v) is 8.57. The van der Waals surface area contributed by atoms with E-state index in [4.69, 9.17) is 4.74 Å². The van der Waals surface area contributed by atoms with Gasteiger partial charge in [0.15, 0.2) is 5.82 Å². The summed E-state index contributed by atoms with van der Waals surface area (Å²) in [5.74, 6) is 0.537. The number of ether oxygens (including phenoxy) is 1. The predicted octanol–water partition coefficient (Wildman–Crippen LogP) is 0.745. The van der Waals surface area contributed by atoms with Gasteiger partial charge in [0.2, 0.25) is 5.91 Å². The van der Waals surface area contributed by atoms with Crippen LogP contribution in [-0.4, -0.2) is 79.7 Å². The van der Waals surface area contributed by atoms with Gasteiger partial charge in [0.1, 0.15) is 12.9 Å². The molecule has 0 unspecified atom stereocenters. The standard InChI is InChI=1S/C21H25N7O3/c29-19(11-16-1-2-18(22-13-16)28-15-23-24-25-28)27-9-5-21(6-10-27)3-7-26(8-4-21)17-12-20(30)31-14-17/h1-2,12-13,15H,3-11,14H2. The van der Waals surface area contributed by atoms with Crippen molar-refractivity contribution in [3.05, 3.63) is 42.0 Å². The molecule has 0 aromatic carbocycles. The van der Waals surface area contributed by atoms with Gasteiger partial charge in [-0.25, -0.2) is 9.78 Å². The number of tetrazole rings is 1. The molecule has 0 saturated carbocycles. The SMILES string of the molecule is O=C1C=C(N2CCC3(CCN(C(=O)Cc4ccc(-n5cnnn5)nc4)CC3)CC2)CO1. The fourth-order valence-electron chi connectivity index (χ4n) is 4.76. The lowest BCUT2D eigenvalue weighted by Gasteiger charge is -2.47. The number of piperidine rings is 2. The van der Waals surface area contributed by atoms with E-state index in [2.05, 4.69) is 25.4 Å². The molecule has 0 aliphatic carbocycles. The summed E-state index contributed by atoms with van der Waals surface area (Å²) in [6.07, 6.45) is 9.44. The predicted molar refractivity (Wildman–Crippen MR) is 109 cm³/mol. The van der Waals surface area contributed by atoms with Crippen LogP contribution in [0.3, 0.4) is 0 Å². The van der Waals surface area contributed by atoms with E-state index in [0.717, 1.165) is 63.1 Å². The molecule has 1 amide bonds. The molecule has 2 aromatic rings. The molecule has 2 saturated heterocycles. The molecular formula is C21H25N7O3. The quantitative estimate of drug-likeness (QED) is 0.663. The molecule has 2 aromatic heterocycles. The monoisotopic (exact) mass is 423 g/mol. The maximum Gasteiger partial charge on any atom is 0.333 e. The third-order valence-electron chi connectivity index (χ3n) is 6.80. The largest absolute Gasteiger partial charge is 0.456 e. The van der Waals surface area contributed by atoms with Crippen molar-refractivity contribution in [3.63, 3.8) is 0 Å². The van der Waals surface area contributed by atoms with Gasteiger partial charge in [-0.2, -0.15) is 4.68 Å². The van der Waals surface area contributed by atoms with Gasteiger partial charge in [0.25, 0.3) is 0 Å². The highest BCUT2D eigenvalue weighted by atomic mass is 16.5. The summed E-state index contributed by atoms with van der Waals surface area (Å²) in [5, 5.41) is 11.0. The first kappa shape index (κ1) is 19.7.